The van der Waals surface area contributed by atoms with Crippen molar-refractivity contribution in [1.29, 1.82) is 0 Å². The summed E-state index contributed by atoms with van der Waals surface area (Å²) in [6.07, 6.45) is 1.82. The molecule has 3 heteroatoms. The largest absolute Gasteiger partial charge is 0.325 e. The maximum absolute atomic E-state index is 12.6. The van der Waals surface area contributed by atoms with Gasteiger partial charge in [-0.1, -0.05) is 41.9 Å². The summed E-state index contributed by atoms with van der Waals surface area (Å²) in [4.78, 5) is 12.6. The molecule has 0 atom stereocenters. The monoisotopic (exact) mass is 285 g/mol. The van der Waals surface area contributed by atoms with Crippen molar-refractivity contribution in [2.24, 2.45) is 0 Å². The number of anilines is 1. The summed E-state index contributed by atoms with van der Waals surface area (Å²) in [5.74, 6) is 0.0779. The zero-order valence-electron chi connectivity index (χ0n) is 11.3. The van der Waals surface area contributed by atoms with E-state index in [2.05, 4.69) is 5.32 Å². The predicted molar refractivity (Wildman–Crippen MR) is 82.2 cm³/mol. The summed E-state index contributed by atoms with van der Waals surface area (Å²) in [5.41, 5.74) is 2.58. The van der Waals surface area contributed by atoms with E-state index in [0.29, 0.717) is 5.02 Å². The first-order valence-corrected chi connectivity index (χ1v) is 7.13. The molecule has 3 rings (SSSR count). The SMILES string of the molecule is Cc1cc(Cl)ccc1NC(=O)C1(c2ccccc2)CC1. The van der Waals surface area contributed by atoms with E-state index in [4.69, 9.17) is 11.6 Å². The molecule has 1 saturated carbocycles. The van der Waals surface area contributed by atoms with Crippen LogP contribution in [0, 0.1) is 6.92 Å². The van der Waals surface area contributed by atoms with Crippen molar-refractivity contribution in [3.05, 3.63) is 64.7 Å². The molecule has 1 aliphatic carbocycles. The average Bonchev–Trinajstić information content (AvgIpc) is 3.24. The molecule has 0 heterocycles. The van der Waals surface area contributed by atoms with Crippen LogP contribution in [0.5, 0.6) is 0 Å². The van der Waals surface area contributed by atoms with Crippen LogP contribution in [0.1, 0.15) is 24.0 Å². The van der Waals surface area contributed by atoms with Crippen LogP contribution < -0.4 is 5.32 Å². The van der Waals surface area contributed by atoms with Crippen molar-refractivity contribution >= 4 is 23.2 Å². The van der Waals surface area contributed by atoms with Gasteiger partial charge in [0.1, 0.15) is 0 Å². The molecular weight excluding hydrogens is 270 g/mol. The lowest BCUT2D eigenvalue weighted by atomic mass is 9.95. The van der Waals surface area contributed by atoms with Crippen LogP contribution in [-0.4, -0.2) is 5.91 Å². The van der Waals surface area contributed by atoms with Crippen LogP contribution >= 0.6 is 11.6 Å². The minimum Gasteiger partial charge on any atom is -0.325 e. The third-order valence-electron chi connectivity index (χ3n) is 3.95. The number of nitrogens with one attached hydrogen (secondary N) is 1. The number of carbonyl (C=O) groups excluding carboxylic acids is 1. The molecule has 2 aromatic carbocycles. The fourth-order valence-electron chi connectivity index (χ4n) is 2.54. The molecule has 1 N–H and O–H groups in total. The highest BCUT2D eigenvalue weighted by atomic mass is 35.5. The molecule has 20 heavy (non-hydrogen) atoms. The van der Waals surface area contributed by atoms with E-state index in [9.17, 15) is 4.79 Å². The number of benzene rings is 2. The van der Waals surface area contributed by atoms with Gasteiger partial charge in [-0.3, -0.25) is 4.79 Å². The number of aryl methyl sites for hydroxylation is 1. The van der Waals surface area contributed by atoms with Gasteiger partial charge in [-0.05, 0) is 49.1 Å². The number of amides is 1. The predicted octanol–water partition coefficient (Wildman–Crippen LogP) is 4.32. The molecule has 1 amide bonds. The molecular formula is C17H16ClNO. The van der Waals surface area contributed by atoms with Gasteiger partial charge in [0.05, 0.1) is 5.41 Å². The Labute approximate surface area is 123 Å². The lowest BCUT2D eigenvalue weighted by Crippen LogP contribution is -2.28. The molecule has 1 fully saturated rings. The molecule has 2 aromatic rings. The summed E-state index contributed by atoms with van der Waals surface area (Å²) >= 11 is 5.94. The average molecular weight is 286 g/mol. The van der Waals surface area contributed by atoms with E-state index in [-0.39, 0.29) is 11.3 Å². The first-order valence-electron chi connectivity index (χ1n) is 6.75. The van der Waals surface area contributed by atoms with Crippen LogP contribution in [0.4, 0.5) is 5.69 Å². The molecule has 0 saturated heterocycles. The molecule has 0 radical (unpaired) electrons. The van der Waals surface area contributed by atoms with Crippen molar-refractivity contribution in [3.8, 4) is 0 Å². The van der Waals surface area contributed by atoms with E-state index >= 15 is 0 Å². The lowest BCUT2D eigenvalue weighted by Gasteiger charge is -2.17. The van der Waals surface area contributed by atoms with Gasteiger partial charge in [-0.2, -0.15) is 0 Å². The normalized spacial score (nSPS) is 15.7. The van der Waals surface area contributed by atoms with Crippen molar-refractivity contribution in [3.63, 3.8) is 0 Å². The van der Waals surface area contributed by atoms with Crippen molar-refractivity contribution in [2.45, 2.75) is 25.2 Å². The van der Waals surface area contributed by atoms with E-state index in [0.717, 1.165) is 29.7 Å². The van der Waals surface area contributed by atoms with Gasteiger partial charge in [-0.15, -0.1) is 0 Å². The van der Waals surface area contributed by atoms with Gasteiger partial charge in [-0.25, -0.2) is 0 Å². The molecule has 0 aliphatic heterocycles. The topological polar surface area (TPSA) is 29.1 Å². The highest BCUT2D eigenvalue weighted by molar-refractivity contribution is 6.30. The highest BCUT2D eigenvalue weighted by Gasteiger charge is 2.51. The van der Waals surface area contributed by atoms with E-state index in [1.807, 2.05) is 49.4 Å². The van der Waals surface area contributed by atoms with Crippen LogP contribution in [0.2, 0.25) is 5.02 Å². The lowest BCUT2D eigenvalue weighted by molar-refractivity contribution is -0.118. The zero-order chi connectivity index (χ0) is 14.2. The number of hydrogen-bond acceptors (Lipinski definition) is 1. The summed E-state index contributed by atoms with van der Waals surface area (Å²) in [6, 6.07) is 15.5. The van der Waals surface area contributed by atoms with Crippen molar-refractivity contribution < 1.29 is 4.79 Å². The third kappa shape index (κ3) is 2.32. The second-order valence-electron chi connectivity index (χ2n) is 5.36. The summed E-state index contributed by atoms with van der Waals surface area (Å²) in [5, 5.41) is 3.73. The van der Waals surface area contributed by atoms with Gasteiger partial charge in [0.15, 0.2) is 0 Å². The molecule has 2 nitrogen and oxygen atoms in total. The highest BCUT2D eigenvalue weighted by Crippen LogP contribution is 2.49. The Kier molecular flexibility index (Phi) is 3.27. The van der Waals surface area contributed by atoms with E-state index < -0.39 is 0 Å². The van der Waals surface area contributed by atoms with Crippen LogP contribution in [0.15, 0.2) is 48.5 Å². The third-order valence-corrected chi connectivity index (χ3v) is 4.18. The van der Waals surface area contributed by atoms with Gasteiger partial charge in [0.25, 0.3) is 0 Å². The zero-order valence-corrected chi connectivity index (χ0v) is 12.1. The standard InChI is InChI=1S/C17H16ClNO/c1-12-11-14(18)7-8-15(12)19-16(20)17(9-10-17)13-5-3-2-4-6-13/h2-8,11H,9-10H2,1H3,(H,19,20). The second kappa shape index (κ2) is 4.95. The quantitative estimate of drug-likeness (QED) is 0.894. The molecule has 0 spiro atoms. The first kappa shape index (κ1) is 13.2. The molecule has 1 aliphatic rings. The summed E-state index contributed by atoms with van der Waals surface area (Å²) < 4.78 is 0. The maximum atomic E-state index is 12.6. The van der Waals surface area contributed by atoms with Gasteiger partial charge >= 0.3 is 0 Å². The molecule has 0 unspecified atom stereocenters. The fourth-order valence-corrected chi connectivity index (χ4v) is 2.76. The van der Waals surface area contributed by atoms with Gasteiger partial charge < -0.3 is 5.32 Å². The van der Waals surface area contributed by atoms with Crippen molar-refractivity contribution in [2.75, 3.05) is 5.32 Å². The molecule has 0 bridgehead atoms. The Morgan fingerprint density at radius 1 is 1.15 bits per heavy atom. The van der Waals surface area contributed by atoms with Crippen LogP contribution in [-0.2, 0) is 10.2 Å². The van der Waals surface area contributed by atoms with E-state index in [1.165, 1.54) is 0 Å². The number of halogens is 1. The summed E-state index contributed by atoms with van der Waals surface area (Å²) in [7, 11) is 0. The number of carbonyl (C=O) groups is 1. The van der Waals surface area contributed by atoms with Crippen LogP contribution in [0.25, 0.3) is 0 Å². The number of hydrogen-bond donors (Lipinski definition) is 1. The summed E-state index contributed by atoms with van der Waals surface area (Å²) in [6.45, 7) is 1.95. The Bertz CT molecular complexity index is 647. The smallest absolute Gasteiger partial charge is 0.235 e. The molecule has 0 aromatic heterocycles. The fraction of sp³-hybridized carbons (Fsp3) is 0.235. The number of rotatable bonds is 3. The Balaban J connectivity index is 1.83. The van der Waals surface area contributed by atoms with Crippen molar-refractivity contribution in [1.82, 2.24) is 0 Å². The van der Waals surface area contributed by atoms with Gasteiger partial charge in [0, 0.05) is 10.7 Å². The minimum atomic E-state index is -0.340. The Morgan fingerprint density at radius 2 is 1.85 bits per heavy atom. The minimum absolute atomic E-state index is 0.0779. The second-order valence-corrected chi connectivity index (χ2v) is 5.80. The van der Waals surface area contributed by atoms with Crippen LogP contribution in [0.3, 0.4) is 0 Å². The first-order chi connectivity index (χ1) is 9.62. The van der Waals surface area contributed by atoms with Gasteiger partial charge in [0.2, 0.25) is 5.91 Å². The molecule has 102 valence electrons. The Hall–Kier alpha value is -1.80. The maximum Gasteiger partial charge on any atom is 0.235 e. The Morgan fingerprint density at radius 3 is 2.45 bits per heavy atom. The van der Waals surface area contributed by atoms with E-state index in [1.54, 1.807) is 6.07 Å².